The molecule has 0 radical (unpaired) electrons. The van der Waals surface area contributed by atoms with Crippen molar-refractivity contribution in [2.45, 2.75) is 141 Å². The fourth-order valence-corrected chi connectivity index (χ4v) is 21.1. The summed E-state index contributed by atoms with van der Waals surface area (Å²) in [4.78, 5) is 65.6. The molecule has 5 aliphatic heterocycles. The van der Waals surface area contributed by atoms with E-state index in [0.717, 1.165) is 187 Å². The quantitative estimate of drug-likeness (QED) is 0.0246. The normalized spacial score (nSPS) is 26.1. The lowest BCUT2D eigenvalue weighted by Gasteiger charge is -2.22. The number of rotatable bonds is 25. The second-order valence-electron chi connectivity index (χ2n) is 37.4. The number of β-amino-alcohol motifs (C(OH)–C–C–N with tert-alkyl or cyclic N) is 3. The number of ether oxygens (including phenoxy) is 5. The zero-order chi connectivity index (χ0) is 89.6. The molecule has 129 heavy (non-hydrogen) atoms. The molecule has 8 unspecified atom stereocenters. The molecule has 5 aliphatic carbocycles. The second-order valence-corrected chi connectivity index (χ2v) is 37.4. The van der Waals surface area contributed by atoms with Crippen molar-refractivity contribution in [1.29, 1.82) is 0 Å². The van der Waals surface area contributed by atoms with Crippen LogP contribution in [0.25, 0.3) is 0 Å². The predicted octanol–water partition coefficient (Wildman–Crippen LogP) is 13.4. The van der Waals surface area contributed by atoms with E-state index < -0.39 is 18.3 Å². The standard InChI is InChI=1S/C21H26N2O3.C21H24N2O3.C20H25N3O3.C20H23N3O3.C20H24N2O3/c2*1-14-2-7-19(10-22-14)26-20-8-16-11-23(12-17(16)9-20)13-21(25)15-3-5-18(24)6-4-15;2*1-13-2-4-17(9-21-13)26-18-6-14-10-23(11-15(14)7-18)12-20(25)19-5-3-16(24)8-22-19;23-16-6-7-19(21-10-16)20(24)13-22-11-14-8-18(9-15(14)12-22)25-17-4-2-1-3-5-17/h2-7,10,16-17,20-21,24-25H,8-9,11-13H2,1H3;2-7,10,16-17,20,24H,8-9,11-13H2,1H3;2-5,8-9,14-15,18,20,24-25H,6-7,10-12H2,1H3;2-5,8-9,14-15,18,24H,6-7,10-12H2,1H3;1-7,10,14-15,18,20,23-24H,8-9,11-13H2/t16-,17+,20?,21?;16-,17+,20?;14-,15+,18?,20?;14-,15+,18?;14-,15+,18?,20?. The van der Waals surface area contributed by atoms with Crippen LogP contribution in [0.5, 0.6) is 57.5 Å². The van der Waals surface area contributed by atoms with Crippen LogP contribution in [-0.2, 0) is 0 Å². The van der Waals surface area contributed by atoms with Gasteiger partial charge in [-0.3, -0.25) is 64.0 Å². The van der Waals surface area contributed by atoms with Crippen molar-refractivity contribution in [1.82, 2.24) is 59.4 Å². The molecule has 0 bridgehead atoms. The first-order valence-corrected chi connectivity index (χ1v) is 45.8. The number of hydrogen-bond acceptors (Lipinski definition) is 27. The van der Waals surface area contributed by atoms with Gasteiger partial charge in [0.05, 0.1) is 104 Å². The Morgan fingerprint density at radius 3 is 0.884 bits per heavy atom. The SMILES string of the molecule is Cc1ccc(OC2C[C@@H]3CN(CC(=O)c4ccc(O)cc4)C[C@@H]3C2)cn1.Cc1ccc(OC2C[C@@H]3CN(CC(=O)c4ccc(O)cn4)C[C@@H]3C2)cn1.Cc1ccc(OC2C[C@@H]3CN(CC(O)c4ccc(O)cc4)C[C@@H]3C2)cn1.Cc1ccc(OC2C[C@@H]3CN(CC(O)c4ccc(O)cn4)C[C@@H]3C2)cn1.Oc1ccc(C(O)CN2C[C@H]3CC(Oc4ccccc4)C[C@H]3C2)nc1. The highest BCUT2D eigenvalue weighted by atomic mass is 16.5. The Bertz CT molecular complexity index is 4880. The number of para-hydroxylation sites is 1. The number of pyridine rings is 7. The number of phenolic OH excluding ortho intramolecular Hbond substituents is 2. The number of likely N-dealkylation sites (tertiary alicyclic amines) is 5. The van der Waals surface area contributed by atoms with E-state index in [9.17, 15) is 50.4 Å². The van der Waals surface area contributed by atoms with Gasteiger partial charge in [0, 0.05) is 113 Å². The van der Waals surface area contributed by atoms with E-state index in [0.29, 0.717) is 121 Å². The third kappa shape index (κ3) is 25.2. The smallest absolute Gasteiger partial charge is 0.195 e. The molecule has 680 valence electrons. The number of fused-ring (bicyclic) bond motifs is 5. The maximum absolute atomic E-state index is 12.4. The summed E-state index contributed by atoms with van der Waals surface area (Å²) in [7, 11) is 0. The third-order valence-electron chi connectivity index (χ3n) is 27.5. The minimum atomic E-state index is -0.625. The highest BCUT2D eigenvalue weighted by Gasteiger charge is 2.47. The molecule has 8 N–H and O–H groups in total. The summed E-state index contributed by atoms with van der Waals surface area (Å²) in [5, 5.41) is 77.8. The largest absolute Gasteiger partial charge is 0.508 e. The number of Topliss-reactive ketones (excluding diaryl/α,β-unsaturated/α-hetero) is 2. The maximum Gasteiger partial charge on any atom is 0.195 e. The van der Waals surface area contributed by atoms with Gasteiger partial charge in [-0.15, -0.1) is 0 Å². The van der Waals surface area contributed by atoms with Gasteiger partial charge in [0.1, 0.15) is 75.4 Å². The van der Waals surface area contributed by atoms with Gasteiger partial charge in [0.25, 0.3) is 0 Å². The van der Waals surface area contributed by atoms with E-state index in [4.69, 9.17) is 23.7 Å². The molecule has 18 atom stereocenters. The highest BCUT2D eigenvalue weighted by molar-refractivity contribution is 5.97. The number of hydrogen-bond donors (Lipinski definition) is 8. The molecule has 5 saturated heterocycles. The Morgan fingerprint density at radius 1 is 0.295 bits per heavy atom. The van der Waals surface area contributed by atoms with Crippen LogP contribution in [0, 0.1) is 86.9 Å². The summed E-state index contributed by atoms with van der Waals surface area (Å²) >= 11 is 0. The molecule has 0 amide bonds. The molecule has 27 nitrogen and oxygen atoms in total. The number of nitrogens with zero attached hydrogens (tertiary/aromatic N) is 12. The number of ketones is 2. The number of phenols is 2. The molecular weight excluding hydrogens is 1630 g/mol. The molecule has 12 heterocycles. The zero-order valence-corrected chi connectivity index (χ0v) is 74.0. The summed E-state index contributed by atoms with van der Waals surface area (Å²) in [5.74, 6) is 11.4. The van der Waals surface area contributed by atoms with Crippen LogP contribution < -0.4 is 23.7 Å². The molecule has 10 fully saturated rings. The summed E-state index contributed by atoms with van der Waals surface area (Å²) in [6.07, 6.45) is 21.4. The van der Waals surface area contributed by atoms with Crippen molar-refractivity contribution in [2.75, 3.05) is 98.2 Å². The lowest BCUT2D eigenvalue weighted by molar-refractivity contribution is 0.0925. The van der Waals surface area contributed by atoms with E-state index in [1.807, 2.05) is 113 Å². The Morgan fingerprint density at radius 2 is 0.581 bits per heavy atom. The van der Waals surface area contributed by atoms with Crippen LogP contribution in [0.15, 0.2) is 207 Å². The molecule has 10 aliphatic rings. The molecule has 27 heteroatoms. The van der Waals surface area contributed by atoms with Crippen molar-refractivity contribution in [3.8, 4) is 57.5 Å². The fraction of sp³-hybridized carbons (Fsp3) is 0.461. The Kier molecular flexibility index (Phi) is 30.0. The number of aliphatic hydroxyl groups excluding tert-OH is 3. The van der Waals surface area contributed by atoms with Crippen LogP contribution >= 0.6 is 0 Å². The van der Waals surface area contributed by atoms with Crippen molar-refractivity contribution < 1.29 is 74.1 Å². The number of aryl methyl sites for hydroxylation is 4. The van der Waals surface area contributed by atoms with Gasteiger partial charge < -0.3 is 64.5 Å². The van der Waals surface area contributed by atoms with Crippen LogP contribution in [0.2, 0.25) is 0 Å². The van der Waals surface area contributed by atoms with E-state index >= 15 is 0 Å². The maximum atomic E-state index is 12.4. The van der Waals surface area contributed by atoms with Crippen LogP contribution in [0.4, 0.5) is 0 Å². The number of aromatic nitrogens is 7. The van der Waals surface area contributed by atoms with E-state index in [-0.39, 0.29) is 64.7 Å². The van der Waals surface area contributed by atoms with Gasteiger partial charge in [0.15, 0.2) is 11.6 Å². The lowest BCUT2D eigenvalue weighted by Crippen LogP contribution is -2.30. The summed E-state index contributed by atoms with van der Waals surface area (Å²) in [5.41, 5.74) is 7.13. The molecule has 10 aromatic rings. The Labute approximate surface area is 754 Å². The van der Waals surface area contributed by atoms with E-state index in [1.54, 1.807) is 97.5 Å². The number of aliphatic hydroxyl groups is 3. The predicted molar refractivity (Wildman–Crippen MR) is 485 cm³/mol. The van der Waals surface area contributed by atoms with Gasteiger partial charge >= 0.3 is 0 Å². The number of carbonyl (C=O) groups excluding carboxylic acids is 2. The van der Waals surface area contributed by atoms with Crippen molar-refractivity contribution in [3.63, 3.8) is 0 Å². The molecule has 7 aromatic heterocycles. The molecular formula is C102H122N12O15. The third-order valence-corrected chi connectivity index (χ3v) is 27.5. The Hall–Kier alpha value is -11.3. The molecule has 0 spiro atoms. The monoisotopic (exact) mass is 1750 g/mol. The van der Waals surface area contributed by atoms with Crippen molar-refractivity contribution in [2.24, 2.45) is 59.2 Å². The average molecular weight is 1760 g/mol. The van der Waals surface area contributed by atoms with Crippen LogP contribution in [0.3, 0.4) is 0 Å². The van der Waals surface area contributed by atoms with Crippen molar-refractivity contribution in [3.05, 3.63) is 258 Å². The fourth-order valence-electron chi connectivity index (χ4n) is 21.1. The average Bonchev–Trinajstić information content (AvgIpc) is 1.68. The van der Waals surface area contributed by atoms with E-state index in [2.05, 4.69) is 59.4 Å². The van der Waals surface area contributed by atoms with Crippen LogP contribution in [-0.4, -0.2) is 240 Å². The van der Waals surface area contributed by atoms with Gasteiger partial charge in [-0.05, 0) is 290 Å². The second kappa shape index (κ2) is 42.5. The van der Waals surface area contributed by atoms with Crippen LogP contribution in [0.1, 0.15) is 143 Å². The van der Waals surface area contributed by atoms with Gasteiger partial charge in [-0.25, -0.2) is 4.98 Å². The highest BCUT2D eigenvalue weighted by Crippen LogP contribution is 2.46. The summed E-state index contributed by atoms with van der Waals surface area (Å²) < 4.78 is 30.5. The Balaban J connectivity index is 0.000000118. The lowest BCUT2D eigenvalue weighted by atomic mass is 10.0. The summed E-state index contributed by atoms with van der Waals surface area (Å²) in [6, 6.07) is 48.8. The van der Waals surface area contributed by atoms with Gasteiger partial charge in [0.2, 0.25) is 0 Å². The van der Waals surface area contributed by atoms with Crippen molar-refractivity contribution >= 4 is 11.6 Å². The van der Waals surface area contributed by atoms with E-state index in [1.165, 1.54) is 24.7 Å². The first-order valence-electron chi connectivity index (χ1n) is 45.8. The molecule has 5 saturated carbocycles. The number of aromatic hydroxyl groups is 5. The summed E-state index contributed by atoms with van der Waals surface area (Å²) in [6.45, 7) is 20.4. The molecule has 20 rings (SSSR count). The first-order chi connectivity index (χ1) is 62.4. The minimum absolute atomic E-state index is 0.00324. The first kappa shape index (κ1) is 91.1. The molecule has 3 aromatic carbocycles. The van der Waals surface area contributed by atoms with Gasteiger partial charge in [-0.1, -0.05) is 30.3 Å². The zero-order valence-electron chi connectivity index (χ0n) is 74.0. The number of benzene rings is 3. The van der Waals surface area contributed by atoms with Gasteiger partial charge in [-0.2, -0.15) is 0 Å². The topological polar surface area (TPSA) is 349 Å². The minimum Gasteiger partial charge on any atom is -0.508 e. The number of carbonyl (C=O) groups is 2.